The highest BCUT2D eigenvalue weighted by atomic mass is 16.7. The Morgan fingerprint density at radius 1 is 0.280 bits per heavy atom. The number of ether oxygens (including phenoxy) is 4. The third kappa shape index (κ3) is 86.2. The summed E-state index contributed by atoms with van der Waals surface area (Å²) in [5.74, 6) is -2.04. The van der Waals surface area contributed by atoms with Crippen LogP contribution in [0.1, 0.15) is 296 Å². The molecule has 2 atom stereocenters. The first-order valence-corrected chi connectivity index (χ1v) is 42.2. The molecule has 0 bridgehead atoms. The number of hydrogen-bond donors (Lipinski definition) is 1. The van der Waals surface area contributed by atoms with E-state index >= 15 is 0 Å². The number of rotatable bonds is 75. The summed E-state index contributed by atoms with van der Waals surface area (Å²) >= 11 is 0. The van der Waals surface area contributed by atoms with Gasteiger partial charge in [0.15, 0.2) is 6.10 Å². The zero-order valence-electron chi connectivity index (χ0n) is 68.4. The molecular formula is C98H154NO8+. The summed E-state index contributed by atoms with van der Waals surface area (Å²) in [4.78, 5) is 37.8. The van der Waals surface area contributed by atoms with E-state index in [2.05, 4.69) is 257 Å². The fraction of sp³-hybridized carbons (Fsp3) is 0.561. The summed E-state index contributed by atoms with van der Waals surface area (Å²) in [5.41, 5.74) is 0. The van der Waals surface area contributed by atoms with Crippen LogP contribution in [0.25, 0.3) is 0 Å². The fourth-order valence-corrected chi connectivity index (χ4v) is 10.8. The molecule has 0 aliphatic rings. The maximum atomic E-state index is 13.0. The topological polar surface area (TPSA) is 108 Å². The van der Waals surface area contributed by atoms with Gasteiger partial charge < -0.3 is 28.5 Å². The number of carboxylic acids is 1. The zero-order valence-corrected chi connectivity index (χ0v) is 68.4. The lowest BCUT2D eigenvalue weighted by Crippen LogP contribution is -2.40. The van der Waals surface area contributed by atoms with Gasteiger partial charge in [0, 0.05) is 12.8 Å². The molecule has 0 aromatic heterocycles. The van der Waals surface area contributed by atoms with Crippen molar-refractivity contribution in [3.63, 3.8) is 0 Å². The highest BCUT2D eigenvalue weighted by Crippen LogP contribution is 2.16. The molecule has 0 heterocycles. The van der Waals surface area contributed by atoms with Crippen LogP contribution in [-0.4, -0.2) is 87.4 Å². The Bertz CT molecular complexity index is 2680. The Hall–Kier alpha value is -6.91. The van der Waals surface area contributed by atoms with Crippen LogP contribution >= 0.6 is 0 Å². The van der Waals surface area contributed by atoms with E-state index in [0.29, 0.717) is 17.4 Å². The molecule has 0 spiro atoms. The number of quaternary nitrogens is 1. The zero-order chi connectivity index (χ0) is 77.4. The fourth-order valence-electron chi connectivity index (χ4n) is 10.8. The lowest BCUT2D eigenvalue weighted by atomic mass is 10.0. The number of carbonyl (C=O) groups excluding carboxylic acids is 2. The molecule has 0 saturated heterocycles. The van der Waals surface area contributed by atoms with Crippen LogP contribution in [0, 0.1) is 0 Å². The number of unbranched alkanes of at least 4 members (excludes halogenated alkanes) is 20. The van der Waals surface area contributed by atoms with Gasteiger partial charge in [0.2, 0.25) is 0 Å². The summed E-state index contributed by atoms with van der Waals surface area (Å²) < 4.78 is 23.0. The molecule has 107 heavy (non-hydrogen) atoms. The summed E-state index contributed by atoms with van der Waals surface area (Å²) in [6.07, 6.45) is 133. The maximum absolute atomic E-state index is 13.0. The second-order valence-electron chi connectivity index (χ2n) is 28.3. The summed E-state index contributed by atoms with van der Waals surface area (Å²) in [6, 6.07) is 0. The van der Waals surface area contributed by atoms with Crippen molar-refractivity contribution in [3.05, 3.63) is 243 Å². The van der Waals surface area contributed by atoms with Crippen LogP contribution in [0.2, 0.25) is 0 Å². The van der Waals surface area contributed by atoms with E-state index < -0.39 is 24.3 Å². The molecule has 9 nitrogen and oxygen atoms in total. The number of aliphatic carboxylic acids is 1. The number of esters is 2. The normalized spacial score (nSPS) is 13.9. The molecule has 0 aromatic rings. The second kappa shape index (κ2) is 84.7. The van der Waals surface area contributed by atoms with E-state index in [9.17, 15) is 19.5 Å². The average Bonchev–Trinajstić information content (AvgIpc) is 0.965. The first kappa shape index (κ1) is 100. The predicted molar refractivity (Wildman–Crippen MR) is 464 cm³/mol. The molecule has 0 aromatic carbocycles. The summed E-state index contributed by atoms with van der Waals surface area (Å²) in [6.45, 7) is 4.62. The SMILES string of the molecule is CC/C=C\C/C=C\C/C=C\C/C=C\C/C=C\C/C=C\C/C=C\C/C=C\C/C=C\C/C=C\C/C=C\CCCCCCCCCC(=O)OC(COC(=O)CCCCCCCCCCCCCCC/C=C\C/C=C\C/C=C\C/C=C\C/C=C\C/C=C\C/C=C\C/C=C\C/C=C\CC)COC(OCC[N+](C)(C)C)C(=O)O. The molecule has 0 amide bonds. The Morgan fingerprint density at radius 3 is 0.748 bits per heavy atom. The van der Waals surface area contributed by atoms with Crippen LogP contribution in [-0.2, 0) is 33.3 Å². The van der Waals surface area contributed by atoms with E-state index in [1.165, 1.54) is 89.9 Å². The highest BCUT2D eigenvalue weighted by Gasteiger charge is 2.25. The smallest absolute Gasteiger partial charge is 0.361 e. The number of carboxylic acid groups (broad SMARTS) is 1. The average molecular weight is 1470 g/mol. The monoisotopic (exact) mass is 1470 g/mol. The van der Waals surface area contributed by atoms with Gasteiger partial charge in [0.05, 0.1) is 34.4 Å². The minimum atomic E-state index is -1.53. The molecule has 9 heteroatoms. The molecule has 0 aliphatic carbocycles. The lowest BCUT2D eigenvalue weighted by Gasteiger charge is -2.25. The molecule has 0 aliphatic heterocycles. The van der Waals surface area contributed by atoms with Crippen LogP contribution < -0.4 is 0 Å². The Morgan fingerprint density at radius 2 is 0.505 bits per heavy atom. The number of hydrogen-bond acceptors (Lipinski definition) is 7. The Balaban J connectivity index is 4.14. The Labute approximate surface area is 656 Å². The molecule has 0 rings (SSSR count). The maximum Gasteiger partial charge on any atom is 0.361 e. The van der Waals surface area contributed by atoms with E-state index in [0.717, 1.165) is 173 Å². The predicted octanol–water partition coefficient (Wildman–Crippen LogP) is 27.9. The van der Waals surface area contributed by atoms with Crippen LogP contribution in [0.3, 0.4) is 0 Å². The quantitative estimate of drug-likeness (QED) is 0.0211. The van der Waals surface area contributed by atoms with Gasteiger partial charge in [-0.25, -0.2) is 4.79 Å². The third-order valence-electron chi connectivity index (χ3n) is 17.1. The second-order valence-corrected chi connectivity index (χ2v) is 28.3. The van der Waals surface area contributed by atoms with Gasteiger partial charge in [-0.2, -0.15) is 0 Å². The van der Waals surface area contributed by atoms with E-state index in [1.807, 2.05) is 21.1 Å². The number of nitrogens with zero attached hydrogens (tertiary/aromatic N) is 1. The van der Waals surface area contributed by atoms with Crippen molar-refractivity contribution in [2.75, 3.05) is 47.5 Å². The van der Waals surface area contributed by atoms with Gasteiger partial charge in [0.25, 0.3) is 6.29 Å². The minimum Gasteiger partial charge on any atom is -0.477 e. The van der Waals surface area contributed by atoms with E-state index in [-0.39, 0.29) is 38.6 Å². The molecule has 0 saturated carbocycles. The van der Waals surface area contributed by atoms with Gasteiger partial charge in [-0.1, -0.05) is 360 Å². The van der Waals surface area contributed by atoms with Gasteiger partial charge in [-0.15, -0.1) is 0 Å². The molecule has 0 radical (unpaired) electrons. The van der Waals surface area contributed by atoms with Gasteiger partial charge in [-0.3, -0.25) is 9.59 Å². The summed E-state index contributed by atoms with van der Waals surface area (Å²) in [7, 11) is 5.97. The Kier molecular flexibility index (Phi) is 79.2. The third-order valence-corrected chi connectivity index (χ3v) is 17.1. The standard InChI is InChI=1S/C98H153NO8/c1-6-8-10-12-14-16-18-20-22-24-26-28-30-32-34-36-38-40-42-44-46-48-50-52-54-56-58-60-62-64-66-68-70-72-74-76-78-80-82-84-86-88-95(100)105-92-94(93-106-98(97(102)103)104-91-90-99(3,4)5)107-96(101)89-87-85-83-81-79-77-75-73-71-69-67-65-63-61-59-57-55-53-51-49-47-45-43-41-39-37-35-33-31-29-27-25-23-21-19-17-15-13-11-9-7-2/h8-11,14-17,20-23,26-29,32-35,38-41,44-47,50-53,56-59,63,65,69,71,94,98H,6-7,12-13,18-19,24-25,30-31,36-37,42-43,48-49,54-55,60-62,64,66-68,70,72-93H2,1-5H3/p+1/b10-8-,11-9-,16-14-,17-15-,22-20-,23-21-,28-26-,29-27-,34-32-,35-33-,40-38-,41-39-,46-44-,47-45-,52-50-,53-51-,58-56-,59-57-,65-63-,71-69-. The summed E-state index contributed by atoms with van der Waals surface area (Å²) in [5, 5.41) is 9.79. The van der Waals surface area contributed by atoms with Crippen molar-refractivity contribution >= 4 is 17.9 Å². The van der Waals surface area contributed by atoms with Gasteiger partial charge in [0.1, 0.15) is 13.2 Å². The number of likely N-dealkylation sites (N-methyl/N-ethyl adjacent to an activating group) is 1. The van der Waals surface area contributed by atoms with E-state index in [4.69, 9.17) is 18.9 Å². The molecule has 2 unspecified atom stereocenters. The molecule has 1 N–H and O–H groups in total. The van der Waals surface area contributed by atoms with Crippen molar-refractivity contribution in [2.24, 2.45) is 0 Å². The van der Waals surface area contributed by atoms with Gasteiger partial charge >= 0.3 is 17.9 Å². The minimum absolute atomic E-state index is 0.174. The van der Waals surface area contributed by atoms with Crippen LogP contribution in [0.15, 0.2) is 243 Å². The lowest BCUT2D eigenvalue weighted by molar-refractivity contribution is -0.870. The largest absolute Gasteiger partial charge is 0.477 e. The van der Waals surface area contributed by atoms with Crippen molar-refractivity contribution in [2.45, 2.75) is 309 Å². The number of allylic oxidation sites excluding steroid dienone is 40. The molecule has 598 valence electrons. The van der Waals surface area contributed by atoms with Crippen molar-refractivity contribution in [1.82, 2.24) is 0 Å². The van der Waals surface area contributed by atoms with Crippen molar-refractivity contribution < 1.29 is 42.9 Å². The van der Waals surface area contributed by atoms with Crippen LogP contribution in [0.5, 0.6) is 0 Å². The molecular weight excluding hydrogens is 1320 g/mol. The van der Waals surface area contributed by atoms with Crippen LogP contribution in [0.4, 0.5) is 0 Å². The first-order valence-electron chi connectivity index (χ1n) is 42.2. The highest BCUT2D eigenvalue weighted by molar-refractivity contribution is 5.71. The molecule has 0 fully saturated rings. The van der Waals surface area contributed by atoms with E-state index in [1.54, 1.807) is 0 Å². The van der Waals surface area contributed by atoms with Gasteiger partial charge in [-0.05, 0) is 167 Å². The number of carbonyl (C=O) groups is 3. The van der Waals surface area contributed by atoms with Crippen molar-refractivity contribution in [1.29, 1.82) is 0 Å². The first-order chi connectivity index (χ1) is 52.6. The van der Waals surface area contributed by atoms with Crippen molar-refractivity contribution in [3.8, 4) is 0 Å².